The van der Waals surface area contributed by atoms with Gasteiger partial charge in [-0.15, -0.1) is 0 Å². The number of aromatic nitrogens is 4. The summed E-state index contributed by atoms with van der Waals surface area (Å²) in [6.07, 6.45) is 6.41. The van der Waals surface area contributed by atoms with Crippen molar-refractivity contribution in [3.8, 4) is 17.1 Å². The van der Waals surface area contributed by atoms with Crippen molar-refractivity contribution in [1.29, 1.82) is 0 Å². The summed E-state index contributed by atoms with van der Waals surface area (Å²) in [5.74, 6) is 1.64. The summed E-state index contributed by atoms with van der Waals surface area (Å²) in [7, 11) is 0. The van der Waals surface area contributed by atoms with Gasteiger partial charge < -0.3 is 10.5 Å². The molecule has 0 amide bonds. The fourth-order valence-electron chi connectivity index (χ4n) is 2.98. The molecule has 2 N–H and O–H groups in total. The highest BCUT2D eigenvalue weighted by Crippen LogP contribution is 2.24. The van der Waals surface area contributed by atoms with Crippen LogP contribution in [0.15, 0.2) is 36.8 Å². The van der Waals surface area contributed by atoms with E-state index >= 15 is 0 Å². The lowest BCUT2D eigenvalue weighted by molar-refractivity contribution is 0.228. The SMILES string of the molecule is Cc1cc(-c2ccnc3ccnn23)cnc1OCC(C)CC(C)CN. The molecular formula is C19H25N5O. The van der Waals surface area contributed by atoms with E-state index in [1.807, 2.05) is 29.8 Å². The van der Waals surface area contributed by atoms with E-state index in [2.05, 4.69) is 35.0 Å². The average molecular weight is 339 g/mol. The maximum Gasteiger partial charge on any atom is 0.216 e. The lowest BCUT2D eigenvalue weighted by Crippen LogP contribution is -2.18. The third kappa shape index (κ3) is 3.96. The quantitative estimate of drug-likeness (QED) is 0.715. The molecule has 0 aliphatic carbocycles. The zero-order valence-electron chi connectivity index (χ0n) is 15.0. The molecule has 0 aliphatic heterocycles. The minimum atomic E-state index is 0.448. The average Bonchev–Trinajstić information content (AvgIpc) is 3.09. The van der Waals surface area contributed by atoms with Crippen LogP contribution >= 0.6 is 0 Å². The van der Waals surface area contributed by atoms with Gasteiger partial charge in [0, 0.05) is 29.6 Å². The van der Waals surface area contributed by atoms with Crippen molar-refractivity contribution < 1.29 is 4.74 Å². The normalized spacial score (nSPS) is 13.8. The molecule has 3 rings (SSSR count). The van der Waals surface area contributed by atoms with Gasteiger partial charge in [0.15, 0.2) is 5.65 Å². The van der Waals surface area contributed by atoms with Gasteiger partial charge in [-0.25, -0.2) is 14.5 Å². The molecule has 2 atom stereocenters. The van der Waals surface area contributed by atoms with Crippen LogP contribution < -0.4 is 10.5 Å². The third-order valence-electron chi connectivity index (χ3n) is 4.33. The molecule has 25 heavy (non-hydrogen) atoms. The topological polar surface area (TPSA) is 78.3 Å². The standard InChI is InChI=1S/C19H25N5O/c1-13(10-20)8-14(2)12-25-19-15(3)9-16(11-22-19)17-4-6-21-18-5-7-23-24(17)18/h4-7,9,11,13-14H,8,10,12,20H2,1-3H3. The number of nitrogens with two attached hydrogens (primary N) is 1. The van der Waals surface area contributed by atoms with E-state index in [0.717, 1.165) is 28.9 Å². The van der Waals surface area contributed by atoms with Crippen LogP contribution in [0.5, 0.6) is 5.88 Å². The van der Waals surface area contributed by atoms with Gasteiger partial charge >= 0.3 is 0 Å². The van der Waals surface area contributed by atoms with E-state index in [-0.39, 0.29) is 0 Å². The third-order valence-corrected chi connectivity index (χ3v) is 4.33. The van der Waals surface area contributed by atoms with Crippen LogP contribution in [0.25, 0.3) is 16.9 Å². The van der Waals surface area contributed by atoms with Crippen LogP contribution in [-0.4, -0.2) is 32.7 Å². The molecule has 0 fully saturated rings. The number of hydrogen-bond donors (Lipinski definition) is 1. The van der Waals surface area contributed by atoms with E-state index < -0.39 is 0 Å². The van der Waals surface area contributed by atoms with Gasteiger partial charge in [0.05, 0.1) is 18.5 Å². The Balaban J connectivity index is 1.74. The van der Waals surface area contributed by atoms with Crippen LogP contribution in [-0.2, 0) is 0 Å². The zero-order chi connectivity index (χ0) is 17.8. The molecule has 2 unspecified atom stereocenters. The van der Waals surface area contributed by atoms with Crippen LogP contribution in [0.1, 0.15) is 25.8 Å². The van der Waals surface area contributed by atoms with Gasteiger partial charge in [0.2, 0.25) is 5.88 Å². The number of rotatable bonds is 7. The lowest BCUT2D eigenvalue weighted by Gasteiger charge is -2.17. The van der Waals surface area contributed by atoms with Crippen LogP contribution in [0.3, 0.4) is 0 Å². The Morgan fingerprint density at radius 3 is 2.76 bits per heavy atom. The summed E-state index contributed by atoms with van der Waals surface area (Å²) < 4.78 is 7.73. The number of ether oxygens (including phenoxy) is 1. The van der Waals surface area contributed by atoms with Crippen molar-refractivity contribution in [3.05, 3.63) is 42.4 Å². The smallest absolute Gasteiger partial charge is 0.216 e. The Morgan fingerprint density at radius 2 is 2.00 bits per heavy atom. The van der Waals surface area contributed by atoms with Gasteiger partial charge in [-0.05, 0) is 43.9 Å². The van der Waals surface area contributed by atoms with Crippen molar-refractivity contribution >= 4 is 5.65 Å². The number of pyridine rings is 1. The fraction of sp³-hybridized carbons (Fsp3) is 0.421. The lowest BCUT2D eigenvalue weighted by atomic mass is 9.98. The van der Waals surface area contributed by atoms with E-state index in [9.17, 15) is 0 Å². The Kier molecular flexibility index (Phi) is 5.28. The molecule has 3 aromatic heterocycles. The summed E-state index contributed by atoms with van der Waals surface area (Å²) in [5.41, 5.74) is 9.47. The zero-order valence-corrected chi connectivity index (χ0v) is 15.0. The van der Waals surface area contributed by atoms with Gasteiger partial charge in [0.25, 0.3) is 0 Å². The first kappa shape index (κ1) is 17.4. The van der Waals surface area contributed by atoms with Gasteiger partial charge in [0.1, 0.15) is 0 Å². The number of fused-ring (bicyclic) bond motifs is 1. The largest absolute Gasteiger partial charge is 0.477 e. The Bertz CT molecular complexity index is 845. The summed E-state index contributed by atoms with van der Waals surface area (Å²) in [6.45, 7) is 7.72. The highest BCUT2D eigenvalue weighted by Gasteiger charge is 2.12. The highest BCUT2D eigenvalue weighted by atomic mass is 16.5. The monoisotopic (exact) mass is 339 g/mol. The molecule has 0 saturated heterocycles. The molecule has 0 saturated carbocycles. The van der Waals surface area contributed by atoms with Gasteiger partial charge in [-0.1, -0.05) is 13.8 Å². The minimum Gasteiger partial charge on any atom is -0.477 e. The van der Waals surface area contributed by atoms with Crippen molar-refractivity contribution in [2.75, 3.05) is 13.2 Å². The predicted molar refractivity (Wildman–Crippen MR) is 98.4 cm³/mol. The van der Waals surface area contributed by atoms with Gasteiger partial charge in [-0.2, -0.15) is 5.10 Å². The Morgan fingerprint density at radius 1 is 1.16 bits per heavy atom. The van der Waals surface area contributed by atoms with Gasteiger partial charge in [-0.3, -0.25) is 0 Å². The van der Waals surface area contributed by atoms with E-state index in [4.69, 9.17) is 10.5 Å². The summed E-state index contributed by atoms with van der Waals surface area (Å²) in [5, 5.41) is 4.33. The van der Waals surface area contributed by atoms with Crippen molar-refractivity contribution in [1.82, 2.24) is 19.6 Å². The summed E-state index contributed by atoms with van der Waals surface area (Å²) in [6, 6.07) is 5.89. The maximum atomic E-state index is 5.92. The number of hydrogen-bond acceptors (Lipinski definition) is 5. The fourth-order valence-corrected chi connectivity index (χ4v) is 2.98. The van der Waals surface area contributed by atoms with Crippen molar-refractivity contribution in [2.24, 2.45) is 17.6 Å². The first-order chi connectivity index (χ1) is 12.1. The molecule has 6 nitrogen and oxygen atoms in total. The summed E-state index contributed by atoms with van der Waals surface area (Å²) in [4.78, 5) is 8.80. The van der Waals surface area contributed by atoms with Crippen molar-refractivity contribution in [3.63, 3.8) is 0 Å². The van der Waals surface area contributed by atoms with E-state index in [0.29, 0.717) is 30.9 Å². The molecule has 0 spiro atoms. The molecule has 132 valence electrons. The predicted octanol–water partition coefficient (Wildman–Crippen LogP) is 3.10. The Labute approximate surface area is 148 Å². The molecule has 6 heteroatoms. The van der Waals surface area contributed by atoms with Crippen LogP contribution in [0, 0.1) is 18.8 Å². The number of aryl methyl sites for hydroxylation is 1. The molecule has 0 radical (unpaired) electrons. The molecule has 3 heterocycles. The second-order valence-corrected chi connectivity index (χ2v) is 6.77. The molecule has 0 aromatic carbocycles. The maximum absolute atomic E-state index is 5.92. The van der Waals surface area contributed by atoms with Crippen LogP contribution in [0.2, 0.25) is 0 Å². The summed E-state index contributed by atoms with van der Waals surface area (Å²) >= 11 is 0. The molecule has 0 bridgehead atoms. The van der Waals surface area contributed by atoms with E-state index in [1.165, 1.54) is 0 Å². The van der Waals surface area contributed by atoms with Crippen LogP contribution in [0.4, 0.5) is 0 Å². The number of nitrogens with zero attached hydrogens (tertiary/aromatic N) is 4. The Hall–Kier alpha value is -2.47. The highest BCUT2D eigenvalue weighted by molar-refractivity contribution is 5.62. The van der Waals surface area contributed by atoms with E-state index in [1.54, 1.807) is 12.4 Å². The first-order valence-corrected chi connectivity index (χ1v) is 8.67. The second-order valence-electron chi connectivity index (χ2n) is 6.77. The minimum absolute atomic E-state index is 0.448. The second kappa shape index (κ2) is 7.61. The van der Waals surface area contributed by atoms with Crippen molar-refractivity contribution in [2.45, 2.75) is 27.2 Å². The molecular weight excluding hydrogens is 314 g/mol. The molecule has 0 aliphatic rings. The molecule has 3 aromatic rings. The first-order valence-electron chi connectivity index (χ1n) is 8.67.